The molecule has 30 heteroatoms. The van der Waals surface area contributed by atoms with E-state index in [1.807, 2.05) is 0 Å². The highest BCUT2D eigenvalue weighted by atomic mass is 31.3. The Morgan fingerprint density at radius 3 is 2.25 bits per heavy atom. The molecule has 63 heavy (non-hydrogen) atoms. The molecule has 3 aromatic rings. The summed E-state index contributed by atoms with van der Waals surface area (Å²) in [7, 11) is -17.8. The Hall–Kier alpha value is -4.14. The molecule has 9 unspecified atom stereocenters. The summed E-state index contributed by atoms with van der Waals surface area (Å²) in [4.78, 5) is 109. The Bertz CT molecular complexity index is 2260. The first kappa shape index (κ1) is 51.5. The average molecular weight is 952 g/mol. The van der Waals surface area contributed by atoms with Gasteiger partial charge in [0.1, 0.15) is 42.0 Å². The summed E-state index contributed by atoms with van der Waals surface area (Å²) in [6.07, 6.45) is -8.85. The zero-order valence-corrected chi connectivity index (χ0v) is 36.2. The quantitative estimate of drug-likeness (QED) is 0.0436. The van der Waals surface area contributed by atoms with E-state index >= 15 is 0 Å². The smallest absolute Gasteiger partial charge is 0.304 e. The molecule has 0 spiro atoms. The molecule has 0 bridgehead atoms. The van der Waals surface area contributed by atoms with E-state index < -0.39 is 114 Å². The number of benzene rings is 1. The summed E-state index contributed by atoms with van der Waals surface area (Å²) in [5, 5.41) is 46.2. The van der Waals surface area contributed by atoms with Crippen molar-refractivity contribution in [1.82, 2.24) is 30.2 Å². The third-order valence-corrected chi connectivity index (χ3v) is 12.6. The first-order chi connectivity index (χ1) is 29.2. The number of anilines is 1. The van der Waals surface area contributed by atoms with Crippen molar-refractivity contribution in [3.05, 3.63) is 48.5 Å². The number of fused-ring (bicyclic) bond motifs is 1. The Balaban J connectivity index is 1.25. The number of carbonyl (C=O) groups is 4. The molecule has 1 aliphatic rings. The third-order valence-electron chi connectivity index (χ3n) is 9.56. The number of carbonyl (C=O) groups excluding carboxylic acids is 3. The first-order valence-corrected chi connectivity index (χ1v) is 22.9. The molecule has 27 nitrogen and oxygen atoms in total. The molecule has 1 saturated heterocycles. The van der Waals surface area contributed by atoms with Gasteiger partial charge in [-0.25, -0.2) is 19.3 Å². The molecule has 350 valence electrons. The van der Waals surface area contributed by atoms with Crippen molar-refractivity contribution >= 4 is 64.0 Å². The zero-order chi connectivity index (χ0) is 47.1. The van der Waals surface area contributed by atoms with Crippen molar-refractivity contribution in [1.29, 1.82) is 0 Å². The van der Waals surface area contributed by atoms with Gasteiger partial charge in [-0.2, -0.15) is 0 Å². The number of amides is 2. The number of aliphatic hydroxyl groups is 3. The maximum absolute atomic E-state index is 12.8. The lowest BCUT2D eigenvalue weighted by atomic mass is 9.87. The lowest BCUT2D eigenvalue weighted by Crippen LogP contribution is -2.46. The normalized spacial score (nSPS) is 22.7. The summed E-state index contributed by atoms with van der Waals surface area (Å²) < 4.78 is 61.1. The van der Waals surface area contributed by atoms with Crippen LogP contribution in [0.2, 0.25) is 0 Å². The molecule has 9 atom stereocenters. The standard InChI is InChI=1S/C33H48N7O20P3/c1-32(2,28(47)31(48)36-12-10-22(42)35-11-9-20(41)19(13-23(43)44)25(45)18-7-5-4-6-8-18)15-57-63(54,55)60-62(52,53)56-14-21-26(59-61(49,50)51)27(46)33(3,58-21)40-17-39-24-29(34)37-16-38-30(24)40/h4-8,16-17,19,21,25-28,45-47H,9-15H2,1-3H3,(H,35,42)(H,36,48)(H,43,44)(H,52,53)(H,54,55)(H2,34,37,38)(H2,49,50,51)/p-4. The van der Waals surface area contributed by atoms with E-state index in [1.54, 1.807) is 18.2 Å². The van der Waals surface area contributed by atoms with Crippen molar-refractivity contribution in [2.24, 2.45) is 11.3 Å². The Kier molecular flexibility index (Phi) is 17.0. The number of nitrogen functional groups attached to an aromatic ring is 1. The number of aliphatic carboxylic acids is 1. The number of ketones is 1. The number of nitrogens with two attached hydrogens (primary N) is 1. The SMILES string of the molecule is CC(C)(COP(=O)([O-])OP(=O)([O-])OCC1OC(C)(n2cnc3c(N)ncnc32)C(O)C1OP(=O)([O-])[O-])C(O)C(=O)NCCC(=O)NCCC(=O)C(CC(=O)O)C(O)c1ccccc1. The second-order valence-electron chi connectivity index (χ2n) is 14.8. The minimum atomic E-state index is -5.99. The number of ether oxygens (including phenoxy) is 1. The van der Waals surface area contributed by atoms with Crippen LogP contribution in [0.25, 0.3) is 11.2 Å². The van der Waals surface area contributed by atoms with Crippen molar-refractivity contribution in [3.63, 3.8) is 0 Å². The van der Waals surface area contributed by atoms with Crippen LogP contribution < -0.4 is 35.9 Å². The molecule has 2 aromatic heterocycles. The van der Waals surface area contributed by atoms with E-state index in [2.05, 4.69) is 43.5 Å². The zero-order valence-electron chi connectivity index (χ0n) is 33.5. The summed E-state index contributed by atoms with van der Waals surface area (Å²) in [6.45, 7) is 0.476. The number of hydrogen-bond acceptors (Lipinski definition) is 23. The van der Waals surface area contributed by atoms with Crippen LogP contribution in [0, 0.1) is 11.3 Å². The van der Waals surface area contributed by atoms with Crippen LogP contribution in [0.15, 0.2) is 43.0 Å². The van der Waals surface area contributed by atoms with Gasteiger partial charge in [-0.1, -0.05) is 44.2 Å². The average Bonchev–Trinajstić information content (AvgIpc) is 3.74. The van der Waals surface area contributed by atoms with Gasteiger partial charge >= 0.3 is 5.97 Å². The van der Waals surface area contributed by atoms with E-state index in [4.69, 9.17) is 10.5 Å². The molecule has 2 amide bonds. The van der Waals surface area contributed by atoms with Gasteiger partial charge in [0.2, 0.25) is 11.8 Å². The first-order valence-electron chi connectivity index (χ1n) is 18.5. The molecule has 0 radical (unpaired) electrons. The fourth-order valence-electron chi connectivity index (χ4n) is 6.21. The Labute approximate surface area is 357 Å². The number of aromatic nitrogens is 4. The molecule has 1 fully saturated rings. The van der Waals surface area contributed by atoms with Crippen LogP contribution in [0.5, 0.6) is 0 Å². The van der Waals surface area contributed by atoms with Crippen molar-refractivity contribution in [3.8, 4) is 0 Å². The van der Waals surface area contributed by atoms with Crippen LogP contribution in [-0.4, -0.2) is 114 Å². The van der Waals surface area contributed by atoms with Crippen LogP contribution in [-0.2, 0) is 61.2 Å². The van der Waals surface area contributed by atoms with Crippen LogP contribution in [0.1, 0.15) is 51.7 Å². The minimum absolute atomic E-state index is 0.0164. The van der Waals surface area contributed by atoms with Gasteiger partial charge in [-0.3, -0.25) is 32.9 Å². The van der Waals surface area contributed by atoms with E-state index in [-0.39, 0.29) is 42.9 Å². The molecule has 1 aliphatic heterocycles. The predicted molar refractivity (Wildman–Crippen MR) is 202 cm³/mol. The molecule has 4 rings (SSSR count). The number of hydrogen-bond donors (Lipinski definition) is 7. The van der Waals surface area contributed by atoms with Crippen molar-refractivity contribution < 1.29 is 95.5 Å². The summed E-state index contributed by atoms with van der Waals surface area (Å²) in [5.74, 6) is -5.11. The highest BCUT2D eigenvalue weighted by Crippen LogP contribution is 2.56. The summed E-state index contributed by atoms with van der Waals surface area (Å²) in [5.41, 5.74) is 2.21. The fourth-order valence-corrected chi connectivity index (χ4v) is 8.94. The van der Waals surface area contributed by atoms with Crippen LogP contribution in [0.4, 0.5) is 5.82 Å². The molecular weight excluding hydrogens is 907 g/mol. The molecular formula is C33H44N7O20P3-4. The number of nitrogens with zero attached hydrogens (tertiary/aromatic N) is 4. The largest absolute Gasteiger partial charge is 0.790 e. The highest BCUT2D eigenvalue weighted by molar-refractivity contribution is 7.59. The molecule has 3 heterocycles. The van der Waals surface area contributed by atoms with Gasteiger partial charge in [0.15, 0.2) is 17.2 Å². The maximum Gasteiger partial charge on any atom is 0.304 e. The number of rotatable bonds is 24. The van der Waals surface area contributed by atoms with Gasteiger partial charge < -0.3 is 79.2 Å². The molecule has 0 saturated carbocycles. The Morgan fingerprint density at radius 1 is 0.984 bits per heavy atom. The second kappa shape index (κ2) is 20.8. The van der Waals surface area contributed by atoms with Gasteiger partial charge in [0.05, 0.1) is 45.8 Å². The van der Waals surface area contributed by atoms with E-state index in [9.17, 15) is 72.9 Å². The molecule has 0 aliphatic carbocycles. The van der Waals surface area contributed by atoms with Gasteiger partial charge in [-0.05, 0) is 12.5 Å². The van der Waals surface area contributed by atoms with Crippen molar-refractivity contribution in [2.45, 2.75) is 76.3 Å². The second-order valence-corrected chi connectivity index (χ2v) is 18.9. The number of imidazole rings is 1. The van der Waals surface area contributed by atoms with Gasteiger partial charge in [0.25, 0.3) is 15.6 Å². The fraction of sp³-hybridized carbons (Fsp3) is 0.545. The van der Waals surface area contributed by atoms with Gasteiger partial charge in [0, 0.05) is 31.3 Å². The topological polar surface area (TPSA) is 432 Å². The van der Waals surface area contributed by atoms with Gasteiger partial charge in [-0.15, -0.1) is 0 Å². The highest BCUT2D eigenvalue weighted by Gasteiger charge is 2.55. The minimum Gasteiger partial charge on any atom is -0.790 e. The number of Topliss-reactive ketones (excluding diaryl/α,β-unsaturated/α-hetero) is 1. The van der Waals surface area contributed by atoms with E-state index in [1.165, 1.54) is 12.1 Å². The number of nitrogens with one attached hydrogen (secondary N) is 2. The number of phosphoric acid groups is 3. The molecule has 8 N–H and O–H groups in total. The van der Waals surface area contributed by atoms with E-state index in [0.29, 0.717) is 5.56 Å². The summed E-state index contributed by atoms with van der Waals surface area (Å²) in [6, 6.07) is 7.94. The summed E-state index contributed by atoms with van der Waals surface area (Å²) >= 11 is 0. The lowest BCUT2D eigenvalue weighted by molar-refractivity contribution is -0.347. The van der Waals surface area contributed by atoms with Crippen molar-refractivity contribution in [2.75, 3.05) is 32.0 Å². The number of carboxylic acid groups (broad SMARTS) is 1. The molecule has 1 aromatic carbocycles. The number of aliphatic hydroxyl groups excluding tert-OH is 3. The van der Waals surface area contributed by atoms with E-state index in [0.717, 1.165) is 38.0 Å². The lowest BCUT2D eigenvalue weighted by Gasteiger charge is -2.36. The third kappa shape index (κ3) is 13.9. The van der Waals surface area contributed by atoms with Crippen LogP contribution >= 0.6 is 23.5 Å². The number of phosphoric ester groups is 3. The number of carboxylic acids is 1. The maximum atomic E-state index is 12.8. The van der Waals surface area contributed by atoms with Crippen LogP contribution in [0.3, 0.4) is 0 Å². The predicted octanol–water partition coefficient (Wildman–Crippen LogP) is -3.17. The Morgan fingerprint density at radius 2 is 1.62 bits per heavy atom. The monoisotopic (exact) mass is 951 g/mol.